The molecule has 0 radical (unpaired) electrons. The number of amides is 5. The summed E-state index contributed by atoms with van der Waals surface area (Å²) >= 11 is 0. The number of esters is 1. The molecule has 402 valence electrons. The van der Waals surface area contributed by atoms with Crippen LogP contribution in [0.2, 0.25) is 0 Å². The van der Waals surface area contributed by atoms with Crippen molar-refractivity contribution in [2.24, 2.45) is 0 Å². The standard InChI is InChI=1S/C57H65N5O14/c1-54(2,3)75-52(67)59-21-17-56(18-22-59)42-10-8-7-9-40(42)46(73-56)49(64)61-26-28-71-45-31-37(13-15-39(45)33-61)51(66)72-34-35-11-16-41-43(29-35)57(19-23-60(24-20-57)53(68)76-55(4,5)6)74-47(41)50(65)62-25-27-70-44-30-36(48(63)58-69)12-14-38(44)32-62/h7-16,29-31,46-47,69H,17-28,32-34H2,1-6H3,(H,58,63). The van der Waals surface area contributed by atoms with Gasteiger partial charge < -0.3 is 52.8 Å². The number of hydrogen-bond donors (Lipinski definition) is 2. The van der Waals surface area contributed by atoms with Crippen LogP contribution in [-0.2, 0) is 64.2 Å². The highest BCUT2D eigenvalue weighted by atomic mass is 16.6. The van der Waals surface area contributed by atoms with Crippen LogP contribution in [0.5, 0.6) is 11.5 Å². The number of piperidine rings is 2. The molecule has 2 atom stereocenters. The smallest absolute Gasteiger partial charge is 0.410 e. The summed E-state index contributed by atoms with van der Waals surface area (Å²) in [5.41, 5.74) is 4.43. The number of fused-ring (bicyclic) bond motifs is 6. The Morgan fingerprint density at radius 3 is 1.61 bits per heavy atom. The lowest BCUT2D eigenvalue weighted by molar-refractivity contribution is -0.161. The summed E-state index contributed by atoms with van der Waals surface area (Å²) in [4.78, 5) is 87.8. The number of hydroxylamine groups is 1. The average Bonchev–Trinajstić information content (AvgIpc) is 3.63. The van der Waals surface area contributed by atoms with E-state index in [1.807, 2.05) is 84.0 Å². The summed E-state index contributed by atoms with van der Waals surface area (Å²) in [6.07, 6.45) is -0.833. The molecule has 4 aromatic rings. The number of hydrogen-bond acceptors (Lipinski definition) is 14. The number of carbonyl (C=O) groups excluding carboxylic acids is 6. The van der Waals surface area contributed by atoms with E-state index in [2.05, 4.69) is 0 Å². The van der Waals surface area contributed by atoms with Crippen molar-refractivity contribution in [1.29, 1.82) is 0 Å². The predicted molar refractivity (Wildman–Crippen MR) is 271 cm³/mol. The topological polar surface area (TPSA) is 212 Å². The van der Waals surface area contributed by atoms with Crippen LogP contribution in [0.25, 0.3) is 0 Å². The van der Waals surface area contributed by atoms with Gasteiger partial charge >= 0.3 is 18.2 Å². The molecule has 19 nitrogen and oxygen atoms in total. The van der Waals surface area contributed by atoms with Crippen molar-refractivity contribution in [3.63, 3.8) is 0 Å². The van der Waals surface area contributed by atoms with E-state index in [4.69, 9.17) is 38.4 Å². The van der Waals surface area contributed by atoms with E-state index in [-0.39, 0.29) is 68.5 Å². The maximum atomic E-state index is 14.6. The Labute approximate surface area is 441 Å². The number of likely N-dealkylation sites (tertiary alicyclic amines) is 2. The Kier molecular flexibility index (Phi) is 14.0. The van der Waals surface area contributed by atoms with Gasteiger partial charge in [-0.25, -0.2) is 19.9 Å². The molecular formula is C57H65N5O14. The van der Waals surface area contributed by atoms with Gasteiger partial charge in [0.05, 0.1) is 29.9 Å². The van der Waals surface area contributed by atoms with Crippen LogP contribution in [-0.4, -0.2) is 124 Å². The molecule has 19 heteroatoms. The minimum Gasteiger partial charge on any atom is -0.491 e. The van der Waals surface area contributed by atoms with Gasteiger partial charge in [-0.1, -0.05) is 48.5 Å². The van der Waals surface area contributed by atoms with Crippen LogP contribution in [0.4, 0.5) is 9.59 Å². The van der Waals surface area contributed by atoms with Gasteiger partial charge in [0.2, 0.25) is 0 Å². The molecule has 0 bridgehead atoms. The van der Waals surface area contributed by atoms with Gasteiger partial charge in [0.15, 0.2) is 12.2 Å². The summed E-state index contributed by atoms with van der Waals surface area (Å²) in [6.45, 7) is 13.7. The average molecular weight is 1040 g/mol. The van der Waals surface area contributed by atoms with Crippen molar-refractivity contribution in [3.05, 3.63) is 129 Å². The van der Waals surface area contributed by atoms with Gasteiger partial charge in [0.25, 0.3) is 17.7 Å². The van der Waals surface area contributed by atoms with Crippen LogP contribution in [0.3, 0.4) is 0 Å². The van der Waals surface area contributed by atoms with E-state index in [0.29, 0.717) is 86.6 Å². The van der Waals surface area contributed by atoms with Crippen molar-refractivity contribution in [2.75, 3.05) is 52.5 Å². The number of benzene rings is 4. The molecule has 2 fully saturated rings. The van der Waals surface area contributed by atoms with E-state index in [1.165, 1.54) is 6.07 Å². The van der Waals surface area contributed by atoms with Crippen molar-refractivity contribution in [1.82, 2.24) is 25.1 Å². The zero-order valence-electron chi connectivity index (χ0n) is 43.8. The molecule has 4 aromatic carbocycles. The molecule has 0 saturated carbocycles. The van der Waals surface area contributed by atoms with Crippen LogP contribution in [0.15, 0.2) is 78.9 Å². The summed E-state index contributed by atoms with van der Waals surface area (Å²) in [5, 5.41) is 9.15. The van der Waals surface area contributed by atoms with E-state index in [1.54, 1.807) is 55.4 Å². The lowest BCUT2D eigenvalue weighted by Gasteiger charge is -2.40. The summed E-state index contributed by atoms with van der Waals surface area (Å²) < 4.78 is 43.0. The molecule has 2 spiro atoms. The van der Waals surface area contributed by atoms with Crippen molar-refractivity contribution >= 4 is 35.9 Å². The number of nitrogens with one attached hydrogen (secondary N) is 1. The molecule has 0 aromatic heterocycles. The quantitative estimate of drug-likeness (QED) is 0.0825. The molecule has 6 heterocycles. The van der Waals surface area contributed by atoms with Gasteiger partial charge in [-0.2, -0.15) is 0 Å². The van der Waals surface area contributed by atoms with Crippen LogP contribution in [0.1, 0.15) is 139 Å². The normalized spacial score (nSPS) is 20.4. The third-order valence-electron chi connectivity index (χ3n) is 14.9. The number of nitrogens with zero attached hydrogens (tertiary/aromatic N) is 4. The molecule has 6 aliphatic rings. The maximum Gasteiger partial charge on any atom is 0.410 e. The van der Waals surface area contributed by atoms with Crippen molar-refractivity contribution < 1.29 is 67.1 Å². The molecule has 2 N–H and O–H groups in total. The highest BCUT2D eigenvalue weighted by molar-refractivity contribution is 5.94. The Hall–Kier alpha value is -7.22. The molecule has 6 aliphatic heterocycles. The zero-order valence-corrected chi connectivity index (χ0v) is 43.8. The lowest BCUT2D eigenvalue weighted by Crippen LogP contribution is -2.47. The Morgan fingerprint density at radius 1 is 0.592 bits per heavy atom. The van der Waals surface area contributed by atoms with Gasteiger partial charge in [0.1, 0.15) is 42.5 Å². The van der Waals surface area contributed by atoms with Crippen molar-refractivity contribution in [3.8, 4) is 11.5 Å². The summed E-state index contributed by atoms with van der Waals surface area (Å²) in [6, 6.07) is 23.2. The Bertz CT molecular complexity index is 2950. The molecule has 0 aliphatic carbocycles. The van der Waals surface area contributed by atoms with E-state index < -0.39 is 52.6 Å². The fourth-order valence-corrected chi connectivity index (χ4v) is 11.1. The number of ether oxygens (including phenoxy) is 7. The second-order valence-corrected chi connectivity index (χ2v) is 22.3. The summed E-state index contributed by atoms with van der Waals surface area (Å²) in [5.74, 6) is -0.848. The maximum absolute atomic E-state index is 14.6. The zero-order chi connectivity index (χ0) is 53.7. The Balaban J connectivity index is 0.818. The highest BCUT2D eigenvalue weighted by Gasteiger charge is 2.52. The van der Waals surface area contributed by atoms with E-state index in [0.717, 1.165) is 22.3 Å². The first kappa shape index (κ1) is 52.2. The van der Waals surface area contributed by atoms with Gasteiger partial charge in [-0.05, 0) is 125 Å². The second kappa shape index (κ2) is 20.4. The number of rotatable bonds is 6. The molecule has 76 heavy (non-hydrogen) atoms. The van der Waals surface area contributed by atoms with Gasteiger partial charge in [-0.15, -0.1) is 0 Å². The lowest BCUT2D eigenvalue weighted by atomic mass is 9.82. The predicted octanol–water partition coefficient (Wildman–Crippen LogP) is 7.60. The molecule has 2 unspecified atom stereocenters. The largest absolute Gasteiger partial charge is 0.491 e. The minimum atomic E-state index is -0.986. The first-order valence-electron chi connectivity index (χ1n) is 26.0. The summed E-state index contributed by atoms with van der Waals surface area (Å²) in [7, 11) is 0. The van der Waals surface area contributed by atoms with Crippen LogP contribution in [0, 0.1) is 0 Å². The molecular weight excluding hydrogens is 979 g/mol. The third-order valence-corrected chi connectivity index (χ3v) is 14.9. The van der Waals surface area contributed by atoms with Gasteiger partial charge in [-0.3, -0.25) is 19.6 Å². The minimum absolute atomic E-state index is 0.0923. The van der Waals surface area contributed by atoms with E-state index >= 15 is 0 Å². The van der Waals surface area contributed by atoms with E-state index in [9.17, 15) is 28.8 Å². The Morgan fingerprint density at radius 2 is 1.08 bits per heavy atom. The third kappa shape index (κ3) is 10.5. The molecule has 5 amide bonds. The fraction of sp³-hybridized carbons (Fsp3) is 0.474. The van der Waals surface area contributed by atoms with Gasteiger partial charge in [0, 0.05) is 56.0 Å². The highest BCUT2D eigenvalue weighted by Crippen LogP contribution is 2.52. The fourth-order valence-electron chi connectivity index (χ4n) is 11.1. The molecule has 2 saturated heterocycles. The molecule has 10 rings (SSSR count). The first-order valence-corrected chi connectivity index (χ1v) is 26.0. The van der Waals surface area contributed by atoms with Crippen LogP contribution < -0.4 is 15.0 Å². The monoisotopic (exact) mass is 1040 g/mol. The SMILES string of the molecule is CC(C)(C)OC(=O)N1CCC2(CC1)OC(C(=O)N1CCOc3cc(C(=O)OCc4ccc5c(c4)C4(CCN(C(=O)OC(C)(C)C)CC4)OC5C(=O)N4CCOc5cc(C(=O)NO)ccc5C4)ccc3C1)c1ccccc12. The first-order chi connectivity index (χ1) is 36.2. The number of carbonyl (C=O) groups is 6. The van der Waals surface area contributed by atoms with Crippen LogP contribution >= 0.6 is 0 Å². The van der Waals surface area contributed by atoms with Crippen molar-refractivity contribution in [2.45, 2.75) is 122 Å². The second-order valence-electron chi connectivity index (χ2n) is 22.3.